The molecule has 19 heavy (non-hydrogen) atoms. The van der Waals surface area contributed by atoms with Crippen molar-refractivity contribution in [3.8, 4) is 0 Å². The molecular weight excluding hydrogens is 250 g/mol. The van der Waals surface area contributed by atoms with Gasteiger partial charge in [0.05, 0.1) is 11.5 Å². The number of nitro benzene ring substituents is 1. The second-order valence-electron chi connectivity index (χ2n) is 3.80. The largest absolute Gasteiger partial charge is 0.477 e. The standard InChI is InChI=1S/C12H11N3O4/c16-12(17)11-9(4-3-5-10(11)15(18)19)8-13-14-6-1-2-7-14/h1-7,13H,8H2,(H,16,17). The molecule has 0 fully saturated rings. The number of carboxylic acids is 1. The second kappa shape index (κ2) is 5.21. The molecule has 1 heterocycles. The van der Waals surface area contributed by atoms with Crippen LogP contribution in [-0.4, -0.2) is 20.7 Å². The van der Waals surface area contributed by atoms with E-state index in [0.29, 0.717) is 5.56 Å². The first-order chi connectivity index (χ1) is 9.09. The summed E-state index contributed by atoms with van der Waals surface area (Å²) >= 11 is 0. The summed E-state index contributed by atoms with van der Waals surface area (Å²) in [4.78, 5) is 21.3. The topological polar surface area (TPSA) is 97.4 Å². The van der Waals surface area contributed by atoms with Gasteiger partial charge in [0, 0.05) is 18.5 Å². The number of nitro groups is 1. The van der Waals surface area contributed by atoms with Crippen molar-refractivity contribution in [1.82, 2.24) is 4.68 Å². The first-order valence-corrected chi connectivity index (χ1v) is 5.46. The molecule has 1 aromatic heterocycles. The molecule has 0 saturated heterocycles. The predicted octanol–water partition coefficient (Wildman–Crippen LogP) is 1.84. The van der Waals surface area contributed by atoms with Crippen LogP contribution in [0.5, 0.6) is 0 Å². The fraction of sp³-hybridized carbons (Fsp3) is 0.0833. The smallest absolute Gasteiger partial charge is 0.343 e. The molecule has 0 bridgehead atoms. The highest BCUT2D eigenvalue weighted by Crippen LogP contribution is 2.22. The van der Waals surface area contributed by atoms with Gasteiger partial charge in [0.15, 0.2) is 0 Å². The van der Waals surface area contributed by atoms with Gasteiger partial charge in [-0.3, -0.25) is 14.8 Å². The van der Waals surface area contributed by atoms with Gasteiger partial charge in [-0.1, -0.05) is 12.1 Å². The van der Waals surface area contributed by atoms with Crippen molar-refractivity contribution in [2.75, 3.05) is 5.43 Å². The van der Waals surface area contributed by atoms with Gasteiger partial charge in [0.2, 0.25) is 0 Å². The van der Waals surface area contributed by atoms with Gasteiger partial charge < -0.3 is 10.5 Å². The lowest BCUT2D eigenvalue weighted by Crippen LogP contribution is -2.15. The lowest BCUT2D eigenvalue weighted by Gasteiger charge is -2.10. The van der Waals surface area contributed by atoms with Crippen LogP contribution in [0.25, 0.3) is 0 Å². The van der Waals surface area contributed by atoms with Crippen LogP contribution in [0.1, 0.15) is 15.9 Å². The van der Waals surface area contributed by atoms with Crippen molar-refractivity contribution >= 4 is 11.7 Å². The summed E-state index contributed by atoms with van der Waals surface area (Å²) in [6, 6.07) is 7.81. The van der Waals surface area contributed by atoms with Crippen LogP contribution in [0.3, 0.4) is 0 Å². The number of carbonyl (C=O) groups is 1. The highest BCUT2D eigenvalue weighted by atomic mass is 16.6. The number of nitrogens with zero attached hydrogens (tertiary/aromatic N) is 2. The number of nitrogens with one attached hydrogen (secondary N) is 1. The third-order valence-corrected chi connectivity index (χ3v) is 2.60. The molecule has 0 aliphatic carbocycles. The normalized spacial score (nSPS) is 10.1. The van der Waals surface area contributed by atoms with E-state index in [1.54, 1.807) is 35.3 Å². The van der Waals surface area contributed by atoms with Crippen LogP contribution in [0, 0.1) is 10.1 Å². The molecule has 1 aromatic carbocycles. The van der Waals surface area contributed by atoms with Gasteiger partial charge in [-0.25, -0.2) is 4.79 Å². The zero-order chi connectivity index (χ0) is 13.8. The molecule has 2 rings (SSSR count). The van der Waals surface area contributed by atoms with E-state index in [9.17, 15) is 14.9 Å². The molecule has 2 aromatic rings. The number of carboxylic acid groups (broad SMARTS) is 1. The van der Waals surface area contributed by atoms with Crippen molar-refractivity contribution < 1.29 is 14.8 Å². The molecular formula is C12H11N3O4. The van der Waals surface area contributed by atoms with E-state index in [1.807, 2.05) is 0 Å². The van der Waals surface area contributed by atoms with Crippen LogP contribution in [-0.2, 0) is 6.54 Å². The fourth-order valence-corrected chi connectivity index (χ4v) is 1.75. The maximum Gasteiger partial charge on any atom is 0.343 e. The summed E-state index contributed by atoms with van der Waals surface area (Å²) < 4.78 is 1.64. The van der Waals surface area contributed by atoms with Crippen LogP contribution >= 0.6 is 0 Å². The third-order valence-electron chi connectivity index (χ3n) is 2.60. The van der Waals surface area contributed by atoms with Gasteiger partial charge >= 0.3 is 5.97 Å². The number of benzene rings is 1. The zero-order valence-corrected chi connectivity index (χ0v) is 9.81. The molecule has 2 N–H and O–H groups in total. The van der Waals surface area contributed by atoms with E-state index >= 15 is 0 Å². The summed E-state index contributed by atoms with van der Waals surface area (Å²) in [5, 5.41) is 19.9. The Kier molecular flexibility index (Phi) is 3.46. The Bertz CT molecular complexity index is 607. The van der Waals surface area contributed by atoms with Crippen molar-refractivity contribution in [1.29, 1.82) is 0 Å². The molecule has 0 radical (unpaired) electrons. The minimum atomic E-state index is -1.31. The summed E-state index contributed by atoms with van der Waals surface area (Å²) in [7, 11) is 0. The average molecular weight is 261 g/mol. The Morgan fingerprint density at radius 1 is 1.32 bits per heavy atom. The van der Waals surface area contributed by atoms with Gasteiger partial charge in [-0.05, 0) is 17.7 Å². The van der Waals surface area contributed by atoms with Gasteiger partial charge in [0.1, 0.15) is 5.56 Å². The highest BCUT2D eigenvalue weighted by Gasteiger charge is 2.22. The van der Waals surface area contributed by atoms with Gasteiger partial charge in [-0.2, -0.15) is 0 Å². The molecule has 0 aliphatic rings. The Morgan fingerprint density at radius 3 is 2.58 bits per heavy atom. The first kappa shape index (κ1) is 12.6. The Labute approximate surface area is 108 Å². The molecule has 0 unspecified atom stereocenters. The van der Waals surface area contributed by atoms with Crippen LogP contribution < -0.4 is 5.43 Å². The lowest BCUT2D eigenvalue weighted by molar-refractivity contribution is -0.385. The number of rotatable bonds is 5. The maximum absolute atomic E-state index is 11.2. The van der Waals surface area contributed by atoms with Gasteiger partial charge in [0.25, 0.3) is 5.69 Å². The molecule has 7 heteroatoms. The quantitative estimate of drug-likeness (QED) is 0.632. The monoisotopic (exact) mass is 261 g/mol. The molecule has 0 atom stereocenters. The van der Waals surface area contributed by atoms with E-state index in [2.05, 4.69) is 5.43 Å². The lowest BCUT2D eigenvalue weighted by atomic mass is 10.1. The third kappa shape index (κ3) is 2.71. The fourth-order valence-electron chi connectivity index (χ4n) is 1.75. The molecule has 0 saturated carbocycles. The molecule has 98 valence electrons. The SMILES string of the molecule is O=C(O)c1c(CNn2cccc2)cccc1[N+](=O)[O-]. The summed E-state index contributed by atoms with van der Waals surface area (Å²) in [5.41, 5.74) is 2.60. The van der Waals surface area contributed by atoms with E-state index < -0.39 is 16.6 Å². The maximum atomic E-state index is 11.2. The highest BCUT2D eigenvalue weighted by molar-refractivity contribution is 5.94. The molecule has 0 aliphatic heterocycles. The second-order valence-corrected chi connectivity index (χ2v) is 3.80. The van der Waals surface area contributed by atoms with Crippen molar-refractivity contribution in [3.05, 3.63) is 64.0 Å². The summed E-state index contributed by atoms with van der Waals surface area (Å²) in [5.74, 6) is -1.31. The number of hydrogen-bond donors (Lipinski definition) is 2. The van der Waals surface area contributed by atoms with Crippen LogP contribution in [0.15, 0.2) is 42.7 Å². The van der Waals surface area contributed by atoms with Crippen molar-refractivity contribution in [2.45, 2.75) is 6.54 Å². The van der Waals surface area contributed by atoms with Crippen LogP contribution in [0.2, 0.25) is 0 Å². The summed E-state index contributed by atoms with van der Waals surface area (Å²) in [6.07, 6.45) is 3.50. The van der Waals surface area contributed by atoms with Crippen molar-refractivity contribution in [3.63, 3.8) is 0 Å². The Balaban J connectivity index is 2.31. The Morgan fingerprint density at radius 2 is 2.00 bits per heavy atom. The number of aromatic nitrogens is 1. The minimum absolute atomic E-state index is 0.179. The average Bonchev–Trinajstić information content (AvgIpc) is 2.88. The minimum Gasteiger partial charge on any atom is -0.477 e. The van der Waals surface area contributed by atoms with E-state index in [4.69, 9.17) is 5.11 Å². The van der Waals surface area contributed by atoms with Crippen molar-refractivity contribution in [2.24, 2.45) is 0 Å². The van der Waals surface area contributed by atoms with E-state index in [-0.39, 0.29) is 12.1 Å². The molecule has 0 amide bonds. The predicted molar refractivity (Wildman–Crippen MR) is 67.6 cm³/mol. The number of aromatic carboxylic acids is 1. The molecule has 0 spiro atoms. The van der Waals surface area contributed by atoms with E-state index in [0.717, 1.165) is 0 Å². The molecule has 7 nitrogen and oxygen atoms in total. The zero-order valence-electron chi connectivity index (χ0n) is 9.81. The van der Waals surface area contributed by atoms with Crippen LogP contribution in [0.4, 0.5) is 5.69 Å². The first-order valence-electron chi connectivity index (χ1n) is 5.46. The summed E-state index contributed by atoms with van der Waals surface area (Å²) in [6.45, 7) is 0.179. The Hall–Kier alpha value is -2.83. The van der Waals surface area contributed by atoms with Gasteiger partial charge in [-0.15, -0.1) is 0 Å². The number of hydrogen-bond acceptors (Lipinski definition) is 4. The van der Waals surface area contributed by atoms with E-state index in [1.165, 1.54) is 12.1 Å².